The predicted molar refractivity (Wildman–Crippen MR) is 59.2 cm³/mol. The van der Waals surface area contributed by atoms with Crippen molar-refractivity contribution in [1.29, 1.82) is 0 Å². The molecule has 0 amide bonds. The molecule has 0 atom stereocenters. The number of nitrogens with zero attached hydrogens (tertiary/aromatic N) is 2. The van der Waals surface area contributed by atoms with Gasteiger partial charge in [0.1, 0.15) is 11.4 Å². The van der Waals surface area contributed by atoms with E-state index in [1.54, 1.807) is 25.4 Å². The molecule has 0 aliphatic heterocycles. The van der Waals surface area contributed by atoms with Crippen molar-refractivity contribution in [3.8, 4) is 11.6 Å². The molecule has 0 bridgehead atoms. The van der Waals surface area contributed by atoms with Gasteiger partial charge in [-0.05, 0) is 13.0 Å². The first-order valence-electron chi connectivity index (χ1n) is 4.95. The molecule has 0 fully saturated rings. The van der Waals surface area contributed by atoms with Crippen molar-refractivity contribution < 1.29 is 9.47 Å². The second-order valence-corrected chi connectivity index (χ2v) is 3.16. The number of methoxy groups -OCH3 is 1. The number of fused-ring (bicyclic) bond motifs is 1. The number of pyridine rings is 1. The minimum atomic E-state index is -0.170. The molecule has 2 aromatic rings. The molecule has 0 saturated heterocycles. The fraction of sp³-hybridized carbons (Fsp3) is 0.273. The van der Waals surface area contributed by atoms with E-state index in [1.807, 2.05) is 6.92 Å². The summed E-state index contributed by atoms with van der Waals surface area (Å²) in [5.41, 5.74) is 0.339. The molecule has 2 rings (SSSR count). The zero-order valence-corrected chi connectivity index (χ0v) is 9.14. The fourth-order valence-corrected chi connectivity index (χ4v) is 1.41. The summed E-state index contributed by atoms with van der Waals surface area (Å²) in [5.74, 6) is 0.987. The first kappa shape index (κ1) is 10.5. The van der Waals surface area contributed by atoms with E-state index in [0.29, 0.717) is 23.9 Å². The first-order chi connectivity index (χ1) is 7.74. The number of hydrogen-bond donors (Lipinski definition) is 0. The Morgan fingerprint density at radius 1 is 1.44 bits per heavy atom. The van der Waals surface area contributed by atoms with Gasteiger partial charge < -0.3 is 9.47 Å². The molecule has 0 radical (unpaired) electrons. The molecule has 5 nitrogen and oxygen atoms in total. The van der Waals surface area contributed by atoms with E-state index in [4.69, 9.17) is 9.47 Å². The summed E-state index contributed by atoms with van der Waals surface area (Å²) in [4.78, 5) is 15.9. The molecule has 5 heteroatoms. The fourth-order valence-electron chi connectivity index (χ4n) is 1.41. The molecule has 0 N–H and O–H groups in total. The Hall–Kier alpha value is -2.04. The van der Waals surface area contributed by atoms with Gasteiger partial charge in [-0.3, -0.25) is 9.20 Å². The van der Waals surface area contributed by atoms with Gasteiger partial charge in [-0.2, -0.15) is 4.98 Å². The van der Waals surface area contributed by atoms with Gasteiger partial charge in [-0.15, -0.1) is 0 Å². The van der Waals surface area contributed by atoms with Crippen LogP contribution in [-0.4, -0.2) is 23.1 Å². The van der Waals surface area contributed by atoms with E-state index in [1.165, 1.54) is 10.5 Å². The molecule has 0 spiro atoms. The summed E-state index contributed by atoms with van der Waals surface area (Å²) in [6.07, 6.45) is 1.62. The second-order valence-electron chi connectivity index (χ2n) is 3.16. The van der Waals surface area contributed by atoms with Gasteiger partial charge in [-0.1, -0.05) is 0 Å². The lowest BCUT2D eigenvalue weighted by Gasteiger charge is -2.05. The average Bonchev–Trinajstić information content (AvgIpc) is 2.28. The zero-order chi connectivity index (χ0) is 11.5. The maximum atomic E-state index is 11.7. The Bertz CT molecular complexity index is 563. The molecule has 0 saturated carbocycles. The van der Waals surface area contributed by atoms with Gasteiger partial charge in [0.2, 0.25) is 5.88 Å². The highest BCUT2D eigenvalue weighted by Crippen LogP contribution is 2.13. The Kier molecular flexibility index (Phi) is 2.76. The van der Waals surface area contributed by atoms with Crippen molar-refractivity contribution in [2.45, 2.75) is 6.92 Å². The smallest absolute Gasteiger partial charge is 0.261 e. The van der Waals surface area contributed by atoms with Crippen molar-refractivity contribution >= 4 is 5.65 Å². The van der Waals surface area contributed by atoms with Crippen LogP contribution in [0.5, 0.6) is 11.6 Å². The Balaban J connectivity index is 2.63. The molecule has 0 unspecified atom stereocenters. The van der Waals surface area contributed by atoms with Crippen LogP contribution in [0.25, 0.3) is 5.65 Å². The minimum absolute atomic E-state index is 0.170. The molecular weight excluding hydrogens is 208 g/mol. The topological polar surface area (TPSA) is 52.8 Å². The lowest BCUT2D eigenvalue weighted by atomic mass is 10.4. The van der Waals surface area contributed by atoms with E-state index < -0.39 is 0 Å². The van der Waals surface area contributed by atoms with Crippen LogP contribution in [0.2, 0.25) is 0 Å². The monoisotopic (exact) mass is 220 g/mol. The molecule has 84 valence electrons. The maximum Gasteiger partial charge on any atom is 0.261 e. The van der Waals surface area contributed by atoms with Crippen LogP contribution in [0.1, 0.15) is 6.92 Å². The van der Waals surface area contributed by atoms with Crippen molar-refractivity contribution in [2.75, 3.05) is 13.7 Å². The van der Waals surface area contributed by atoms with Crippen LogP contribution in [0, 0.1) is 0 Å². The van der Waals surface area contributed by atoms with Crippen molar-refractivity contribution in [3.63, 3.8) is 0 Å². The second kappa shape index (κ2) is 4.22. The van der Waals surface area contributed by atoms with Crippen molar-refractivity contribution in [1.82, 2.24) is 9.38 Å². The van der Waals surface area contributed by atoms with Crippen LogP contribution in [0.15, 0.2) is 29.2 Å². The highest BCUT2D eigenvalue weighted by Gasteiger charge is 2.03. The van der Waals surface area contributed by atoms with Crippen molar-refractivity contribution in [2.24, 2.45) is 0 Å². The molecule has 2 heterocycles. The van der Waals surface area contributed by atoms with Gasteiger partial charge in [0, 0.05) is 12.3 Å². The SMILES string of the molecule is CCOc1cc(=O)n2ccc(OC)cc2n1. The third kappa shape index (κ3) is 1.84. The summed E-state index contributed by atoms with van der Waals surface area (Å²) in [5, 5.41) is 0. The van der Waals surface area contributed by atoms with E-state index in [0.717, 1.165) is 0 Å². The summed E-state index contributed by atoms with van der Waals surface area (Å²) in [7, 11) is 1.57. The molecule has 0 aliphatic carbocycles. The molecule has 16 heavy (non-hydrogen) atoms. The Morgan fingerprint density at radius 3 is 2.94 bits per heavy atom. The number of hydrogen-bond acceptors (Lipinski definition) is 4. The highest BCUT2D eigenvalue weighted by molar-refractivity contribution is 5.45. The lowest BCUT2D eigenvalue weighted by molar-refractivity contribution is 0.326. The molecular formula is C11H12N2O3. The maximum absolute atomic E-state index is 11.7. The van der Waals surface area contributed by atoms with Gasteiger partial charge in [-0.25, -0.2) is 0 Å². The summed E-state index contributed by atoms with van der Waals surface area (Å²) in [6.45, 7) is 2.32. The summed E-state index contributed by atoms with van der Waals surface area (Å²) >= 11 is 0. The van der Waals surface area contributed by atoms with Crippen LogP contribution in [-0.2, 0) is 0 Å². The zero-order valence-electron chi connectivity index (χ0n) is 9.14. The van der Waals surface area contributed by atoms with E-state index in [2.05, 4.69) is 4.98 Å². The molecule has 0 aromatic carbocycles. The number of ether oxygens (including phenoxy) is 2. The minimum Gasteiger partial charge on any atom is -0.497 e. The van der Waals surface area contributed by atoms with Crippen LogP contribution >= 0.6 is 0 Å². The predicted octanol–water partition coefficient (Wildman–Crippen LogP) is 1.10. The molecule has 2 aromatic heterocycles. The van der Waals surface area contributed by atoms with Gasteiger partial charge in [0.15, 0.2) is 0 Å². The van der Waals surface area contributed by atoms with E-state index in [-0.39, 0.29) is 5.56 Å². The number of rotatable bonds is 3. The Morgan fingerprint density at radius 2 is 2.25 bits per heavy atom. The van der Waals surface area contributed by atoms with Crippen molar-refractivity contribution in [3.05, 3.63) is 34.7 Å². The van der Waals surface area contributed by atoms with Gasteiger partial charge >= 0.3 is 0 Å². The number of aromatic nitrogens is 2. The quantitative estimate of drug-likeness (QED) is 0.777. The van der Waals surface area contributed by atoms with E-state index >= 15 is 0 Å². The lowest BCUT2D eigenvalue weighted by Crippen LogP contribution is -2.14. The normalized spacial score (nSPS) is 10.4. The van der Waals surface area contributed by atoms with Crippen LogP contribution in [0.3, 0.4) is 0 Å². The third-order valence-corrected chi connectivity index (χ3v) is 2.14. The van der Waals surface area contributed by atoms with Gasteiger partial charge in [0.05, 0.1) is 19.8 Å². The summed E-state index contributed by atoms with van der Waals surface area (Å²) in [6, 6.07) is 4.75. The molecule has 0 aliphatic rings. The Labute approximate surface area is 92.3 Å². The summed E-state index contributed by atoms with van der Waals surface area (Å²) < 4.78 is 11.7. The average molecular weight is 220 g/mol. The largest absolute Gasteiger partial charge is 0.497 e. The van der Waals surface area contributed by atoms with Crippen LogP contribution in [0.4, 0.5) is 0 Å². The first-order valence-corrected chi connectivity index (χ1v) is 4.95. The highest BCUT2D eigenvalue weighted by atomic mass is 16.5. The van der Waals surface area contributed by atoms with Gasteiger partial charge in [0.25, 0.3) is 5.56 Å². The third-order valence-electron chi connectivity index (χ3n) is 2.14. The van der Waals surface area contributed by atoms with Crippen LogP contribution < -0.4 is 15.0 Å². The standard InChI is InChI=1S/C11H12N2O3/c1-3-16-10-7-11(14)13-5-4-8(15-2)6-9(13)12-10/h4-7H,3H2,1-2H3. The van der Waals surface area contributed by atoms with E-state index in [9.17, 15) is 4.79 Å².